The molecule has 0 saturated carbocycles. The molecule has 1 nitrogen and oxygen atoms in total. The van der Waals surface area contributed by atoms with Gasteiger partial charge in [-0.2, -0.15) is 0 Å². The third-order valence-electron chi connectivity index (χ3n) is 2.60. The summed E-state index contributed by atoms with van der Waals surface area (Å²) in [4.78, 5) is 3.22. The van der Waals surface area contributed by atoms with Crippen molar-refractivity contribution in [2.75, 3.05) is 13.1 Å². The maximum absolute atomic E-state index is 3.72. The number of hydrogen-bond donors (Lipinski definition) is 0. The molecule has 70 valence electrons. The molecule has 2 heteroatoms. The largest absolute Gasteiger partial charge is 0.296 e. The summed E-state index contributed by atoms with van der Waals surface area (Å²) < 4.78 is 0. The van der Waals surface area contributed by atoms with Crippen LogP contribution < -0.4 is 0 Å². The Kier molecular flexibility index (Phi) is 4.30. The van der Waals surface area contributed by atoms with Crippen LogP contribution >= 0.6 is 15.9 Å². The molecule has 0 aromatic rings. The molecule has 0 aromatic heterocycles. The first kappa shape index (κ1) is 10.3. The Bertz CT molecular complexity index is 156. The van der Waals surface area contributed by atoms with Gasteiger partial charge in [0.2, 0.25) is 0 Å². The van der Waals surface area contributed by atoms with Gasteiger partial charge >= 0.3 is 0 Å². The van der Waals surface area contributed by atoms with E-state index in [4.69, 9.17) is 0 Å². The van der Waals surface area contributed by atoms with Crippen molar-refractivity contribution in [1.82, 2.24) is 4.90 Å². The summed E-state index contributed by atoms with van der Waals surface area (Å²) in [5.41, 5.74) is 0. The van der Waals surface area contributed by atoms with Crippen LogP contribution in [-0.4, -0.2) is 28.9 Å². The number of piperidine rings is 1. The molecule has 1 saturated heterocycles. The molecule has 0 amide bonds. The average molecular weight is 232 g/mol. The lowest BCUT2D eigenvalue weighted by atomic mass is 10.0. The molecule has 0 bridgehead atoms. The minimum atomic E-state index is 0.690. The van der Waals surface area contributed by atoms with Crippen molar-refractivity contribution >= 4 is 15.9 Å². The first-order valence-corrected chi connectivity index (χ1v) is 5.66. The van der Waals surface area contributed by atoms with E-state index in [1.165, 1.54) is 19.4 Å². The van der Waals surface area contributed by atoms with Crippen LogP contribution in [-0.2, 0) is 0 Å². The minimum absolute atomic E-state index is 0.690. The summed E-state index contributed by atoms with van der Waals surface area (Å²) in [5, 5.41) is 0. The second-order valence-electron chi connectivity index (χ2n) is 3.46. The molecule has 0 radical (unpaired) electrons. The molecule has 1 heterocycles. The average Bonchev–Trinajstić information content (AvgIpc) is 2.08. The third-order valence-corrected chi connectivity index (χ3v) is 3.82. The Morgan fingerprint density at radius 2 is 2.33 bits per heavy atom. The molecule has 1 aliphatic heterocycles. The lowest BCUT2D eigenvalue weighted by Gasteiger charge is -2.36. The fourth-order valence-corrected chi connectivity index (χ4v) is 2.32. The summed E-state index contributed by atoms with van der Waals surface area (Å²) in [6, 6.07) is 0.690. The monoisotopic (exact) mass is 231 g/mol. The molecule has 1 rings (SSSR count). The van der Waals surface area contributed by atoms with Crippen molar-refractivity contribution in [2.45, 2.75) is 37.6 Å². The number of likely N-dealkylation sites (tertiary alicyclic amines) is 1. The summed E-state index contributed by atoms with van der Waals surface area (Å²) in [7, 11) is 0. The standard InChI is InChI=1S/C10H18BrN/c1-3-4-7-12-8-5-6-10(11)9(12)2/h3-4,9-10H,5-8H2,1-2H3/b4-3+. The van der Waals surface area contributed by atoms with E-state index < -0.39 is 0 Å². The van der Waals surface area contributed by atoms with Crippen molar-refractivity contribution in [3.63, 3.8) is 0 Å². The van der Waals surface area contributed by atoms with E-state index in [2.05, 4.69) is 46.8 Å². The van der Waals surface area contributed by atoms with Crippen LogP contribution in [0.15, 0.2) is 12.2 Å². The maximum Gasteiger partial charge on any atom is 0.0299 e. The molecular formula is C10H18BrN. The van der Waals surface area contributed by atoms with E-state index in [-0.39, 0.29) is 0 Å². The number of alkyl halides is 1. The van der Waals surface area contributed by atoms with Crippen molar-refractivity contribution in [2.24, 2.45) is 0 Å². The fraction of sp³-hybridized carbons (Fsp3) is 0.800. The predicted molar refractivity (Wildman–Crippen MR) is 57.8 cm³/mol. The van der Waals surface area contributed by atoms with Gasteiger partial charge in [0.05, 0.1) is 0 Å². The number of allylic oxidation sites excluding steroid dienone is 1. The molecule has 0 aromatic carbocycles. The highest BCUT2D eigenvalue weighted by molar-refractivity contribution is 9.09. The Hall–Kier alpha value is 0.180. The normalized spacial score (nSPS) is 32.9. The molecule has 12 heavy (non-hydrogen) atoms. The van der Waals surface area contributed by atoms with Gasteiger partial charge in [-0.3, -0.25) is 4.90 Å². The lowest BCUT2D eigenvalue weighted by Crippen LogP contribution is -2.43. The van der Waals surface area contributed by atoms with E-state index in [1.807, 2.05) is 0 Å². The van der Waals surface area contributed by atoms with E-state index in [0.717, 1.165) is 6.54 Å². The molecule has 1 fully saturated rings. The molecule has 0 N–H and O–H groups in total. The van der Waals surface area contributed by atoms with Crippen LogP contribution in [0, 0.1) is 0 Å². The Balaban J connectivity index is 2.40. The highest BCUT2D eigenvalue weighted by Gasteiger charge is 2.24. The van der Waals surface area contributed by atoms with Gasteiger partial charge in [-0.25, -0.2) is 0 Å². The third kappa shape index (κ3) is 2.60. The zero-order valence-electron chi connectivity index (χ0n) is 7.96. The first-order valence-electron chi connectivity index (χ1n) is 4.75. The topological polar surface area (TPSA) is 3.24 Å². The molecule has 0 aliphatic carbocycles. The summed E-state index contributed by atoms with van der Waals surface area (Å²) in [5.74, 6) is 0. The molecule has 0 spiro atoms. The predicted octanol–water partition coefficient (Wildman–Crippen LogP) is 2.81. The van der Waals surface area contributed by atoms with E-state index in [9.17, 15) is 0 Å². The Morgan fingerprint density at radius 1 is 1.58 bits per heavy atom. The Labute approximate surface area is 84.0 Å². The van der Waals surface area contributed by atoms with Crippen LogP contribution in [0.1, 0.15) is 26.7 Å². The highest BCUT2D eigenvalue weighted by Crippen LogP contribution is 2.23. The van der Waals surface area contributed by atoms with Gasteiger partial charge in [0, 0.05) is 17.4 Å². The van der Waals surface area contributed by atoms with Gasteiger partial charge in [0.25, 0.3) is 0 Å². The van der Waals surface area contributed by atoms with Crippen LogP contribution in [0.4, 0.5) is 0 Å². The molecule has 1 aliphatic rings. The second kappa shape index (κ2) is 5.03. The smallest absolute Gasteiger partial charge is 0.0299 e. The SMILES string of the molecule is C/C=C/CN1CCCC(Br)C1C. The maximum atomic E-state index is 3.72. The van der Waals surface area contributed by atoms with Crippen LogP contribution in [0.3, 0.4) is 0 Å². The quantitative estimate of drug-likeness (QED) is 0.522. The summed E-state index contributed by atoms with van der Waals surface area (Å²) in [6.45, 7) is 6.76. The number of rotatable bonds is 2. The Morgan fingerprint density at radius 3 is 3.00 bits per heavy atom. The van der Waals surface area contributed by atoms with Crippen molar-refractivity contribution in [1.29, 1.82) is 0 Å². The van der Waals surface area contributed by atoms with Gasteiger partial charge in [-0.15, -0.1) is 0 Å². The number of nitrogens with zero attached hydrogens (tertiary/aromatic N) is 1. The lowest BCUT2D eigenvalue weighted by molar-refractivity contribution is 0.187. The van der Waals surface area contributed by atoms with E-state index in [1.54, 1.807) is 0 Å². The van der Waals surface area contributed by atoms with E-state index in [0.29, 0.717) is 10.9 Å². The van der Waals surface area contributed by atoms with Crippen LogP contribution in [0.25, 0.3) is 0 Å². The minimum Gasteiger partial charge on any atom is -0.296 e. The molecular weight excluding hydrogens is 214 g/mol. The number of halogens is 1. The van der Waals surface area contributed by atoms with Crippen molar-refractivity contribution in [3.05, 3.63) is 12.2 Å². The fourth-order valence-electron chi connectivity index (χ4n) is 1.66. The van der Waals surface area contributed by atoms with Gasteiger partial charge in [0.15, 0.2) is 0 Å². The molecule has 2 atom stereocenters. The van der Waals surface area contributed by atoms with Gasteiger partial charge in [0.1, 0.15) is 0 Å². The second-order valence-corrected chi connectivity index (χ2v) is 4.64. The zero-order chi connectivity index (χ0) is 8.97. The zero-order valence-corrected chi connectivity index (χ0v) is 9.55. The van der Waals surface area contributed by atoms with Crippen LogP contribution in [0.2, 0.25) is 0 Å². The summed E-state index contributed by atoms with van der Waals surface area (Å²) >= 11 is 3.72. The highest BCUT2D eigenvalue weighted by atomic mass is 79.9. The van der Waals surface area contributed by atoms with Gasteiger partial charge in [-0.1, -0.05) is 28.1 Å². The van der Waals surface area contributed by atoms with Crippen molar-refractivity contribution < 1.29 is 0 Å². The van der Waals surface area contributed by atoms with Gasteiger partial charge < -0.3 is 0 Å². The van der Waals surface area contributed by atoms with E-state index >= 15 is 0 Å². The first-order chi connectivity index (χ1) is 5.75. The van der Waals surface area contributed by atoms with Crippen molar-refractivity contribution in [3.8, 4) is 0 Å². The molecule has 2 unspecified atom stereocenters. The summed E-state index contributed by atoms with van der Waals surface area (Å²) in [6.07, 6.45) is 7.03. The number of hydrogen-bond acceptors (Lipinski definition) is 1. The van der Waals surface area contributed by atoms with Gasteiger partial charge in [-0.05, 0) is 33.2 Å². The van der Waals surface area contributed by atoms with Crippen LogP contribution in [0.5, 0.6) is 0 Å².